The van der Waals surface area contributed by atoms with Gasteiger partial charge in [-0.3, -0.25) is 4.79 Å². The van der Waals surface area contributed by atoms with Crippen molar-refractivity contribution < 1.29 is 23.4 Å². The Kier molecular flexibility index (Phi) is 5.78. The van der Waals surface area contributed by atoms with Crippen molar-refractivity contribution in [1.29, 1.82) is 0 Å². The molecule has 0 saturated carbocycles. The highest BCUT2D eigenvalue weighted by molar-refractivity contribution is 6.34. The van der Waals surface area contributed by atoms with Crippen LogP contribution in [0.4, 0.5) is 8.78 Å². The van der Waals surface area contributed by atoms with Gasteiger partial charge >= 0.3 is 0 Å². The van der Waals surface area contributed by atoms with Gasteiger partial charge in [0.1, 0.15) is 17.4 Å². The highest BCUT2D eigenvalue weighted by atomic mass is 35.5. The highest BCUT2D eigenvalue weighted by Crippen LogP contribution is 2.58. The Morgan fingerprint density at radius 1 is 1.19 bits per heavy atom. The van der Waals surface area contributed by atoms with Crippen LogP contribution < -0.4 is 15.8 Å². The molecule has 1 fully saturated rings. The van der Waals surface area contributed by atoms with E-state index in [-0.39, 0.29) is 45.8 Å². The standard InChI is InChI=1S/C29H27ClF2N2O3/c1-14-23-21(37-29(14,22-8-5-11-34-22)15-6-3-2-4-7-15)13-19(31)26(30)25(23)24-18(28(33)36)12-17-16(27(24)32)9-10-20(17)35/h2-4,6-7,12-14,20,22,34-35H,5,8-11H2,1H3,(H2,33,36)/t14-,20-,22-,29-/m0/s1. The summed E-state index contributed by atoms with van der Waals surface area (Å²) in [5.74, 6) is -2.49. The maximum absolute atomic E-state index is 16.2. The van der Waals surface area contributed by atoms with Gasteiger partial charge in [0, 0.05) is 28.7 Å². The topological polar surface area (TPSA) is 84.6 Å². The lowest BCUT2D eigenvalue weighted by molar-refractivity contribution is 0.0333. The quantitative estimate of drug-likeness (QED) is 0.420. The normalized spacial score (nSPS) is 26.1. The summed E-state index contributed by atoms with van der Waals surface area (Å²) in [6, 6.07) is 12.3. The third-order valence-corrected chi connectivity index (χ3v) is 8.69. The van der Waals surface area contributed by atoms with E-state index in [0.717, 1.165) is 24.9 Å². The third-order valence-electron chi connectivity index (χ3n) is 8.32. The molecule has 8 heteroatoms. The molecule has 0 aromatic heterocycles. The molecule has 3 aliphatic rings. The van der Waals surface area contributed by atoms with Crippen molar-refractivity contribution in [2.75, 3.05) is 6.54 Å². The van der Waals surface area contributed by atoms with E-state index in [4.69, 9.17) is 22.1 Å². The highest BCUT2D eigenvalue weighted by Gasteiger charge is 2.55. The first-order chi connectivity index (χ1) is 17.8. The van der Waals surface area contributed by atoms with Crippen molar-refractivity contribution in [2.45, 2.75) is 56.3 Å². The number of hydrogen-bond acceptors (Lipinski definition) is 4. The number of halogens is 3. The molecule has 4 N–H and O–H groups in total. The van der Waals surface area contributed by atoms with Gasteiger partial charge in [0.2, 0.25) is 5.91 Å². The average molecular weight is 525 g/mol. The van der Waals surface area contributed by atoms with Crippen LogP contribution >= 0.6 is 11.6 Å². The molecule has 0 bridgehead atoms. The van der Waals surface area contributed by atoms with E-state index in [9.17, 15) is 9.90 Å². The summed E-state index contributed by atoms with van der Waals surface area (Å²) in [5.41, 5.74) is 6.67. The van der Waals surface area contributed by atoms with E-state index in [1.807, 2.05) is 37.3 Å². The van der Waals surface area contributed by atoms with Gasteiger partial charge in [-0.25, -0.2) is 8.78 Å². The number of aliphatic hydroxyl groups is 1. The predicted molar refractivity (Wildman–Crippen MR) is 137 cm³/mol. The number of hydrogen-bond donors (Lipinski definition) is 3. The van der Waals surface area contributed by atoms with Crippen LogP contribution in [-0.2, 0) is 12.0 Å². The van der Waals surface area contributed by atoms with Gasteiger partial charge in [0.05, 0.1) is 22.7 Å². The number of amides is 1. The van der Waals surface area contributed by atoms with Gasteiger partial charge in [-0.1, -0.05) is 48.9 Å². The van der Waals surface area contributed by atoms with Crippen LogP contribution in [0.15, 0.2) is 42.5 Å². The molecule has 4 atom stereocenters. The van der Waals surface area contributed by atoms with Crippen molar-refractivity contribution in [3.05, 3.63) is 86.9 Å². The van der Waals surface area contributed by atoms with Gasteiger partial charge in [0.15, 0.2) is 5.60 Å². The van der Waals surface area contributed by atoms with E-state index in [1.54, 1.807) is 0 Å². The number of benzene rings is 3. The molecular weight excluding hydrogens is 498 g/mol. The predicted octanol–water partition coefficient (Wildman–Crippen LogP) is 5.51. The van der Waals surface area contributed by atoms with Gasteiger partial charge in [-0.15, -0.1) is 0 Å². The van der Waals surface area contributed by atoms with Crippen LogP contribution in [0.2, 0.25) is 5.02 Å². The Morgan fingerprint density at radius 2 is 1.95 bits per heavy atom. The van der Waals surface area contributed by atoms with E-state index in [2.05, 4.69) is 5.32 Å². The zero-order valence-electron chi connectivity index (χ0n) is 20.3. The van der Waals surface area contributed by atoms with E-state index >= 15 is 8.78 Å². The minimum absolute atomic E-state index is 0.0791. The summed E-state index contributed by atoms with van der Waals surface area (Å²) in [6.07, 6.45) is 1.52. The first-order valence-corrected chi connectivity index (χ1v) is 13.0. The third kappa shape index (κ3) is 3.44. The number of nitrogens with one attached hydrogen (secondary N) is 1. The molecule has 6 rings (SSSR count). The monoisotopic (exact) mass is 524 g/mol. The van der Waals surface area contributed by atoms with Crippen molar-refractivity contribution in [3.8, 4) is 16.9 Å². The van der Waals surface area contributed by atoms with Crippen LogP contribution in [0.1, 0.15) is 70.8 Å². The fraction of sp³-hybridized carbons (Fsp3) is 0.345. The SMILES string of the molecule is C[C@H]1c2c(cc(F)c(Cl)c2-c2c(C(N)=O)cc3c(c2F)CC[C@@H]3O)O[C@@]1(c1ccccc1)[C@@H]1CCCN1. The molecule has 1 amide bonds. The van der Waals surface area contributed by atoms with E-state index in [0.29, 0.717) is 23.1 Å². The van der Waals surface area contributed by atoms with Gasteiger partial charge in [0.25, 0.3) is 0 Å². The fourth-order valence-corrected chi connectivity index (χ4v) is 6.88. The van der Waals surface area contributed by atoms with Crippen LogP contribution in [0.5, 0.6) is 5.75 Å². The van der Waals surface area contributed by atoms with Crippen LogP contribution in [0, 0.1) is 11.6 Å². The summed E-state index contributed by atoms with van der Waals surface area (Å²) < 4.78 is 38.3. The summed E-state index contributed by atoms with van der Waals surface area (Å²) in [7, 11) is 0. The molecular formula is C29H27ClF2N2O3. The molecule has 0 spiro atoms. The number of primary amides is 1. The lowest BCUT2D eigenvalue weighted by Gasteiger charge is -2.39. The second kappa shape index (κ2) is 8.79. The number of fused-ring (bicyclic) bond motifs is 2. The number of nitrogens with two attached hydrogens (primary N) is 1. The maximum atomic E-state index is 16.2. The zero-order chi connectivity index (χ0) is 26.1. The molecule has 0 radical (unpaired) electrons. The van der Waals surface area contributed by atoms with Crippen LogP contribution in [0.3, 0.4) is 0 Å². The lowest BCUT2D eigenvalue weighted by atomic mass is 9.73. The van der Waals surface area contributed by atoms with Gasteiger partial charge < -0.3 is 20.9 Å². The number of ether oxygens (including phenoxy) is 1. The van der Waals surface area contributed by atoms with Crippen molar-refractivity contribution in [2.24, 2.45) is 5.73 Å². The second-order valence-electron chi connectivity index (χ2n) is 10.2. The average Bonchev–Trinajstić information content (AvgIpc) is 3.61. The number of carbonyl (C=O) groups excluding carboxylic acids is 1. The van der Waals surface area contributed by atoms with Gasteiger partial charge in [-0.2, -0.15) is 0 Å². The maximum Gasteiger partial charge on any atom is 0.249 e. The minimum Gasteiger partial charge on any atom is -0.480 e. The molecule has 1 saturated heterocycles. The molecule has 3 aromatic rings. The van der Waals surface area contributed by atoms with Crippen LogP contribution in [-0.4, -0.2) is 23.6 Å². The summed E-state index contributed by atoms with van der Waals surface area (Å²) in [6.45, 7) is 2.79. The molecule has 0 unspecified atom stereocenters. The number of carbonyl (C=O) groups is 1. The minimum atomic E-state index is -0.901. The zero-order valence-corrected chi connectivity index (χ0v) is 21.0. The smallest absolute Gasteiger partial charge is 0.249 e. The molecule has 1 aliphatic carbocycles. The Hall–Kier alpha value is -3.00. The summed E-state index contributed by atoms with van der Waals surface area (Å²) in [5, 5.41) is 13.6. The van der Waals surface area contributed by atoms with Crippen molar-refractivity contribution >= 4 is 17.5 Å². The van der Waals surface area contributed by atoms with Crippen LogP contribution in [0.25, 0.3) is 11.1 Å². The molecule has 37 heavy (non-hydrogen) atoms. The number of rotatable bonds is 4. The second-order valence-corrected chi connectivity index (χ2v) is 10.6. The summed E-state index contributed by atoms with van der Waals surface area (Å²) in [4.78, 5) is 12.6. The summed E-state index contributed by atoms with van der Waals surface area (Å²) >= 11 is 6.59. The van der Waals surface area contributed by atoms with Crippen molar-refractivity contribution in [3.63, 3.8) is 0 Å². The van der Waals surface area contributed by atoms with Gasteiger partial charge in [-0.05, 0) is 55.0 Å². The fourth-order valence-electron chi connectivity index (χ4n) is 6.63. The first kappa shape index (κ1) is 24.3. The molecule has 3 aromatic carbocycles. The Bertz CT molecular complexity index is 1420. The molecule has 2 heterocycles. The van der Waals surface area contributed by atoms with E-state index in [1.165, 1.54) is 12.1 Å². The Balaban J connectivity index is 1.65. The molecule has 5 nitrogen and oxygen atoms in total. The van der Waals surface area contributed by atoms with Crippen molar-refractivity contribution in [1.82, 2.24) is 5.32 Å². The molecule has 2 aliphatic heterocycles. The largest absolute Gasteiger partial charge is 0.480 e. The first-order valence-electron chi connectivity index (χ1n) is 12.6. The Labute approximate surface area is 218 Å². The van der Waals surface area contributed by atoms with E-state index < -0.39 is 29.2 Å². The Morgan fingerprint density at radius 3 is 2.62 bits per heavy atom. The molecule has 192 valence electrons. The lowest BCUT2D eigenvalue weighted by Crippen LogP contribution is -2.50. The number of aliphatic hydroxyl groups excluding tert-OH is 1.